The number of nitrogens with one attached hydrogen (secondary N) is 1. The average molecular weight is 400 g/mol. The lowest BCUT2D eigenvalue weighted by atomic mass is 10.0. The largest absolute Gasteiger partial charge is 0.496 e. The molecule has 2 aromatic carbocycles. The van der Waals surface area contributed by atoms with Crippen LogP contribution in [0.15, 0.2) is 36.4 Å². The van der Waals surface area contributed by atoms with Crippen molar-refractivity contribution in [3.8, 4) is 17.2 Å². The molecule has 0 saturated carbocycles. The van der Waals surface area contributed by atoms with Crippen molar-refractivity contribution in [1.82, 2.24) is 5.32 Å². The SMILES string of the molecule is CCOc1ccc(CCC(=O)N[C@H](CC)c2ccc(OC)c(C)c2)cc1OCC. The third-order valence-electron chi connectivity index (χ3n) is 4.81. The summed E-state index contributed by atoms with van der Waals surface area (Å²) in [4.78, 5) is 12.6. The van der Waals surface area contributed by atoms with E-state index in [1.807, 2.05) is 51.1 Å². The van der Waals surface area contributed by atoms with Crippen molar-refractivity contribution in [2.75, 3.05) is 20.3 Å². The second-order valence-electron chi connectivity index (χ2n) is 6.90. The van der Waals surface area contributed by atoms with Crippen LogP contribution in [0.3, 0.4) is 0 Å². The lowest BCUT2D eigenvalue weighted by molar-refractivity contribution is -0.121. The van der Waals surface area contributed by atoms with Crippen molar-refractivity contribution < 1.29 is 19.0 Å². The summed E-state index contributed by atoms with van der Waals surface area (Å²) < 4.78 is 16.6. The second kappa shape index (κ2) is 11.3. The van der Waals surface area contributed by atoms with E-state index in [1.165, 1.54) is 0 Å². The molecule has 0 aliphatic heterocycles. The van der Waals surface area contributed by atoms with E-state index >= 15 is 0 Å². The summed E-state index contributed by atoms with van der Waals surface area (Å²) in [5, 5.41) is 3.15. The Balaban J connectivity index is 1.99. The fraction of sp³-hybridized carbons (Fsp3) is 0.458. The molecule has 1 N–H and O–H groups in total. The number of amides is 1. The lowest BCUT2D eigenvalue weighted by Gasteiger charge is -2.19. The Morgan fingerprint density at radius 1 is 0.966 bits per heavy atom. The van der Waals surface area contributed by atoms with E-state index in [4.69, 9.17) is 14.2 Å². The summed E-state index contributed by atoms with van der Waals surface area (Å²) in [6.07, 6.45) is 1.90. The van der Waals surface area contributed by atoms with E-state index in [1.54, 1.807) is 7.11 Å². The van der Waals surface area contributed by atoms with Crippen molar-refractivity contribution in [2.24, 2.45) is 0 Å². The van der Waals surface area contributed by atoms with Gasteiger partial charge in [-0.2, -0.15) is 0 Å². The van der Waals surface area contributed by atoms with E-state index in [0.29, 0.717) is 26.1 Å². The van der Waals surface area contributed by atoms with Crippen LogP contribution in [0.1, 0.15) is 56.3 Å². The maximum Gasteiger partial charge on any atom is 0.220 e. The van der Waals surface area contributed by atoms with Crippen molar-refractivity contribution in [1.29, 1.82) is 0 Å². The van der Waals surface area contributed by atoms with Gasteiger partial charge < -0.3 is 19.5 Å². The molecule has 0 saturated heterocycles. The minimum atomic E-state index is -0.00794. The maximum absolute atomic E-state index is 12.6. The molecule has 0 aliphatic carbocycles. The first-order valence-corrected chi connectivity index (χ1v) is 10.3. The van der Waals surface area contributed by atoms with Gasteiger partial charge in [-0.1, -0.05) is 25.1 Å². The van der Waals surface area contributed by atoms with E-state index < -0.39 is 0 Å². The Labute approximate surface area is 174 Å². The third-order valence-corrected chi connectivity index (χ3v) is 4.81. The monoisotopic (exact) mass is 399 g/mol. The van der Waals surface area contributed by atoms with E-state index in [-0.39, 0.29) is 11.9 Å². The molecule has 0 spiro atoms. The van der Waals surface area contributed by atoms with Crippen molar-refractivity contribution in [3.63, 3.8) is 0 Å². The lowest BCUT2D eigenvalue weighted by Crippen LogP contribution is -2.28. The molecule has 1 amide bonds. The molecule has 1 atom stereocenters. The number of carbonyl (C=O) groups excluding carboxylic acids is 1. The molecular formula is C24H33NO4. The van der Waals surface area contributed by atoms with Crippen LogP contribution in [0.2, 0.25) is 0 Å². The summed E-state index contributed by atoms with van der Waals surface area (Å²) in [6, 6.07) is 11.9. The summed E-state index contributed by atoms with van der Waals surface area (Å²) in [5.41, 5.74) is 3.22. The highest BCUT2D eigenvalue weighted by atomic mass is 16.5. The van der Waals surface area contributed by atoms with Crippen LogP contribution >= 0.6 is 0 Å². The summed E-state index contributed by atoms with van der Waals surface area (Å²) in [7, 11) is 1.67. The molecule has 0 aromatic heterocycles. The van der Waals surface area contributed by atoms with Gasteiger partial charge in [-0.3, -0.25) is 4.79 Å². The Morgan fingerprint density at radius 3 is 2.28 bits per heavy atom. The molecule has 29 heavy (non-hydrogen) atoms. The van der Waals surface area contributed by atoms with Crippen molar-refractivity contribution >= 4 is 5.91 Å². The molecule has 0 bridgehead atoms. The molecule has 5 heteroatoms. The first kappa shape index (κ1) is 22.6. The Bertz CT molecular complexity index is 803. The molecule has 5 nitrogen and oxygen atoms in total. The molecule has 2 aromatic rings. The smallest absolute Gasteiger partial charge is 0.220 e. The van der Waals surface area contributed by atoms with Crippen LogP contribution in [0, 0.1) is 6.92 Å². The number of hydrogen-bond acceptors (Lipinski definition) is 4. The van der Waals surface area contributed by atoms with Gasteiger partial charge in [0, 0.05) is 6.42 Å². The van der Waals surface area contributed by atoms with Crippen LogP contribution in [0.25, 0.3) is 0 Å². The van der Waals surface area contributed by atoms with Crippen molar-refractivity contribution in [3.05, 3.63) is 53.1 Å². The Kier molecular flexibility index (Phi) is 8.84. The molecule has 0 unspecified atom stereocenters. The molecule has 0 heterocycles. The predicted octanol–water partition coefficient (Wildman–Crippen LogP) is 5.00. The van der Waals surface area contributed by atoms with Crippen molar-refractivity contribution in [2.45, 2.75) is 53.0 Å². The Morgan fingerprint density at radius 2 is 1.66 bits per heavy atom. The Hall–Kier alpha value is -2.69. The number of aryl methyl sites for hydroxylation is 2. The van der Waals surface area contributed by atoms with Crippen LogP contribution in [0.5, 0.6) is 17.2 Å². The van der Waals surface area contributed by atoms with Gasteiger partial charge in [-0.05, 0) is 68.5 Å². The zero-order valence-corrected chi connectivity index (χ0v) is 18.2. The summed E-state index contributed by atoms with van der Waals surface area (Å²) >= 11 is 0. The predicted molar refractivity (Wildman–Crippen MR) is 116 cm³/mol. The zero-order valence-electron chi connectivity index (χ0n) is 18.2. The van der Waals surface area contributed by atoms with Gasteiger partial charge >= 0.3 is 0 Å². The second-order valence-corrected chi connectivity index (χ2v) is 6.90. The maximum atomic E-state index is 12.6. The van der Waals surface area contributed by atoms with E-state index in [9.17, 15) is 4.79 Å². The number of hydrogen-bond donors (Lipinski definition) is 1. The van der Waals surface area contributed by atoms with Gasteiger partial charge in [0.25, 0.3) is 0 Å². The molecule has 158 valence electrons. The minimum absolute atomic E-state index is 0.00794. The van der Waals surface area contributed by atoms with E-state index in [2.05, 4.69) is 18.3 Å². The zero-order chi connectivity index (χ0) is 21.2. The van der Waals surface area contributed by atoms with Gasteiger partial charge in [0.05, 0.1) is 26.4 Å². The molecule has 0 radical (unpaired) electrons. The van der Waals surface area contributed by atoms with Gasteiger partial charge in [-0.15, -0.1) is 0 Å². The van der Waals surface area contributed by atoms with Crippen LogP contribution in [-0.4, -0.2) is 26.2 Å². The normalized spacial score (nSPS) is 11.6. The molecule has 2 rings (SSSR count). The average Bonchev–Trinajstić information content (AvgIpc) is 2.72. The number of methoxy groups -OCH3 is 1. The van der Waals surface area contributed by atoms with Gasteiger partial charge in [0.15, 0.2) is 11.5 Å². The number of carbonyl (C=O) groups is 1. The van der Waals surface area contributed by atoms with E-state index in [0.717, 1.165) is 40.4 Å². The third kappa shape index (κ3) is 6.41. The minimum Gasteiger partial charge on any atom is -0.496 e. The van der Waals surface area contributed by atoms with Crippen LogP contribution < -0.4 is 19.5 Å². The van der Waals surface area contributed by atoms with Crippen LogP contribution in [0.4, 0.5) is 0 Å². The quantitative estimate of drug-likeness (QED) is 0.578. The number of benzene rings is 2. The highest BCUT2D eigenvalue weighted by Crippen LogP contribution is 2.29. The molecule has 0 fully saturated rings. The molecule has 0 aliphatic rings. The topological polar surface area (TPSA) is 56.8 Å². The highest BCUT2D eigenvalue weighted by Gasteiger charge is 2.14. The van der Waals surface area contributed by atoms with Crippen LogP contribution in [-0.2, 0) is 11.2 Å². The number of rotatable bonds is 11. The summed E-state index contributed by atoms with van der Waals surface area (Å²) in [6.45, 7) is 9.14. The van der Waals surface area contributed by atoms with Gasteiger partial charge in [-0.25, -0.2) is 0 Å². The fourth-order valence-electron chi connectivity index (χ4n) is 3.31. The standard InChI is InChI=1S/C24H33NO4/c1-6-20(19-11-13-21(27-5)17(4)15-19)25-24(26)14-10-18-9-12-22(28-7-2)23(16-18)29-8-3/h9,11-13,15-16,20H,6-8,10,14H2,1-5H3,(H,25,26)/t20-/m1/s1. The van der Waals surface area contributed by atoms with Gasteiger partial charge in [0.2, 0.25) is 5.91 Å². The highest BCUT2D eigenvalue weighted by molar-refractivity contribution is 5.76. The first-order chi connectivity index (χ1) is 14.0. The molecular weight excluding hydrogens is 366 g/mol. The number of ether oxygens (including phenoxy) is 3. The first-order valence-electron chi connectivity index (χ1n) is 10.3. The summed E-state index contributed by atoms with van der Waals surface area (Å²) in [5.74, 6) is 2.36. The fourth-order valence-corrected chi connectivity index (χ4v) is 3.31. The van der Waals surface area contributed by atoms with Gasteiger partial charge in [0.1, 0.15) is 5.75 Å².